The summed E-state index contributed by atoms with van der Waals surface area (Å²) in [6, 6.07) is 8.21. The number of rotatable bonds is 5. The average Bonchev–Trinajstić information content (AvgIpc) is 2.49. The molecule has 1 aromatic carbocycles. The molecule has 116 valence electrons. The third kappa shape index (κ3) is 4.70. The van der Waals surface area contributed by atoms with E-state index in [-0.39, 0.29) is 11.9 Å². The van der Waals surface area contributed by atoms with Gasteiger partial charge in [-0.25, -0.2) is 0 Å². The zero-order valence-corrected chi connectivity index (χ0v) is 13.3. The van der Waals surface area contributed by atoms with Crippen LogP contribution in [0.5, 0.6) is 0 Å². The summed E-state index contributed by atoms with van der Waals surface area (Å²) in [6.07, 6.45) is 2.20. The van der Waals surface area contributed by atoms with Gasteiger partial charge in [-0.15, -0.1) is 0 Å². The van der Waals surface area contributed by atoms with Gasteiger partial charge >= 0.3 is 0 Å². The smallest absolute Gasteiger partial charge is 0.216 e. The van der Waals surface area contributed by atoms with Gasteiger partial charge in [0.15, 0.2) is 0 Å². The topological polar surface area (TPSA) is 58.4 Å². The summed E-state index contributed by atoms with van der Waals surface area (Å²) in [6.45, 7) is 5.01. The van der Waals surface area contributed by atoms with Gasteiger partial charge in [-0.05, 0) is 49.5 Å². The second-order valence-corrected chi connectivity index (χ2v) is 6.16. The molecule has 1 atom stereocenters. The zero-order valence-electron chi connectivity index (χ0n) is 12.5. The van der Waals surface area contributed by atoms with Crippen molar-refractivity contribution in [3.8, 4) is 0 Å². The van der Waals surface area contributed by atoms with Crippen LogP contribution in [0.25, 0.3) is 0 Å². The highest BCUT2D eigenvalue weighted by atomic mass is 35.5. The summed E-state index contributed by atoms with van der Waals surface area (Å²) in [7, 11) is 0. The Morgan fingerprint density at radius 3 is 2.52 bits per heavy atom. The maximum atomic E-state index is 11.0. The van der Waals surface area contributed by atoms with E-state index in [1.165, 1.54) is 5.56 Å². The van der Waals surface area contributed by atoms with Crippen molar-refractivity contribution in [2.75, 3.05) is 26.2 Å². The Kier molecular flexibility index (Phi) is 6.03. The SMILES string of the molecule is CC(=O)NCC1CCN(C(CN)c2ccc(Cl)cc2)CC1. The molecule has 0 aromatic heterocycles. The maximum absolute atomic E-state index is 11.0. The predicted molar refractivity (Wildman–Crippen MR) is 86.2 cm³/mol. The highest BCUT2D eigenvalue weighted by molar-refractivity contribution is 6.30. The van der Waals surface area contributed by atoms with Crippen molar-refractivity contribution in [1.29, 1.82) is 0 Å². The number of halogens is 1. The van der Waals surface area contributed by atoms with Crippen LogP contribution in [-0.2, 0) is 4.79 Å². The van der Waals surface area contributed by atoms with Crippen molar-refractivity contribution in [3.63, 3.8) is 0 Å². The summed E-state index contributed by atoms with van der Waals surface area (Å²) < 4.78 is 0. The molecule has 1 fully saturated rings. The van der Waals surface area contributed by atoms with Crippen molar-refractivity contribution < 1.29 is 4.79 Å². The van der Waals surface area contributed by atoms with E-state index in [0.717, 1.165) is 37.5 Å². The fraction of sp³-hybridized carbons (Fsp3) is 0.562. The predicted octanol–water partition coefficient (Wildman–Crippen LogP) is 2.19. The van der Waals surface area contributed by atoms with Crippen molar-refractivity contribution >= 4 is 17.5 Å². The first kappa shape index (κ1) is 16.3. The second kappa shape index (κ2) is 7.78. The molecule has 1 aliphatic heterocycles. The number of piperidine rings is 1. The Hall–Kier alpha value is -1.10. The van der Waals surface area contributed by atoms with Crippen LogP contribution in [0.4, 0.5) is 0 Å². The molecule has 0 spiro atoms. The Bertz CT molecular complexity index is 455. The van der Waals surface area contributed by atoms with E-state index in [9.17, 15) is 4.79 Å². The van der Waals surface area contributed by atoms with Crippen LogP contribution in [0, 0.1) is 5.92 Å². The fourth-order valence-corrected chi connectivity index (χ4v) is 3.06. The third-order valence-corrected chi connectivity index (χ3v) is 4.46. The van der Waals surface area contributed by atoms with Crippen LogP contribution in [0.15, 0.2) is 24.3 Å². The molecule has 1 amide bonds. The number of hydrogen-bond acceptors (Lipinski definition) is 3. The molecule has 0 bridgehead atoms. The van der Waals surface area contributed by atoms with Gasteiger partial charge in [0.1, 0.15) is 0 Å². The van der Waals surface area contributed by atoms with Gasteiger partial charge in [-0.2, -0.15) is 0 Å². The first-order chi connectivity index (χ1) is 10.1. The number of hydrogen-bond donors (Lipinski definition) is 2. The van der Waals surface area contributed by atoms with E-state index in [2.05, 4.69) is 22.3 Å². The first-order valence-corrected chi connectivity index (χ1v) is 7.92. The lowest BCUT2D eigenvalue weighted by molar-refractivity contribution is -0.119. The van der Waals surface area contributed by atoms with Crippen LogP contribution < -0.4 is 11.1 Å². The third-order valence-electron chi connectivity index (χ3n) is 4.21. The molecule has 21 heavy (non-hydrogen) atoms. The summed E-state index contributed by atoms with van der Waals surface area (Å²) in [4.78, 5) is 13.4. The number of amides is 1. The number of carbonyl (C=O) groups excluding carboxylic acids is 1. The summed E-state index contributed by atoms with van der Waals surface area (Å²) in [5, 5.41) is 3.67. The van der Waals surface area contributed by atoms with E-state index in [1.54, 1.807) is 6.92 Å². The van der Waals surface area contributed by atoms with Crippen LogP contribution in [0.3, 0.4) is 0 Å². The summed E-state index contributed by atoms with van der Waals surface area (Å²) in [5.74, 6) is 0.632. The van der Waals surface area contributed by atoms with Crippen LogP contribution >= 0.6 is 11.6 Å². The molecule has 5 heteroatoms. The van der Waals surface area contributed by atoms with E-state index in [1.807, 2.05) is 12.1 Å². The van der Waals surface area contributed by atoms with Crippen LogP contribution in [-0.4, -0.2) is 37.0 Å². The maximum Gasteiger partial charge on any atom is 0.216 e. The van der Waals surface area contributed by atoms with Gasteiger partial charge in [0.25, 0.3) is 0 Å². The quantitative estimate of drug-likeness (QED) is 0.876. The number of benzene rings is 1. The summed E-state index contributed by atoms with van der Waals surface area (Å²) >= 11 is 5.95. The largest absolute Gasteiger partial charge is 0.356 e. The molecule has 2 rings (SSSR count). The van der Waals surface area contributed by atoms with Gasteiger partial charge in [0.05, 0.1) is 0 Å². The number of likely N-dealkylation sites (tertiary alicyclic amines) is 1. The van der Waals surface area contributed by atoms with Gasteiger partial charge in [0.2, 0.25) is 5.91 Å². The number of nitrogens with zero attached hydrogens (tertiary/aromatic N) is 1. The molecule has 1 aromatic rings. The molecule has 1 aliphatic rings. The summed E-state index contributed by atoms with van der Waals surface area (Å²) in [5.41, 5.74) is 7.20. The molecular formula is C16H24ClN3O. The Morgan fingerprint density at radius 2 is 2.00 bits per heavy atom. The molecule has 0 saturated carbocycles. The van der Waals surface area contributed by atoms with Crippen molar-refractivity contribution in [3.05, 3.63) is 34.9 Å². The van der Waals surface area contributed by atoms with Crippen molar-refractivity contribution in [2.24, 2.45) is 11.7 Å². The highest BCUT2D eigenvalue weighted by Gasteiger charge is 2.25. The molecule has 3 N–H and O–H groups in total. The molecular weight excluding hydrogens is 286 g/mol. The minimum absolute atomic E-state index is 0.0541. The van der Waals surface area contributed by atoms with Gasteiger partial charge in [0, 0.05) is 31.1 Å². The lowest BCUT2D eigenvalue weighted by Crippen LogP contribution is -2.42. The highest BCUT2D eigenvalue weighted by Crippen LogP contribution is 2.26. The zero-order chi connectivity index (χ0) is 15.2. The van der Waals surface area contributed by atoms with E-state index in [4.69, 9.17) is 17.3 Å². The first-order valence-electron chi connectivity index (χ1n) is 7.54. The molecule has 0 aliphatic carbocycles. The standard InChI is InChI=1S/C16H24ClN3O/c1-12(21)19-11-13-6-8-20(9-7-13)16(10-18)14-2-4-15(17)5-3-14/h2-5,13,16H,6-11,18H2,1H3,(H,19,21). The Balaban J connectivity index is 1.90. The second-order valence-electron chi connectivity index (χ2n) is 5.72. The minimum Gasteiger partial charge on any atom is -0.356 e. The number of carbonyl (C=O) groups is 1. The van der Waals surface area contributed by atoms with E-state index in [0.29, 0.717) is 12.5 Å². The Labute approximate surface area is 131 Å². The monoisotopic (exact) mass is 309 g/mol. The number of nitrogens with one attached hydrogen (secondary N) is 1. The Morgan fingerprint density at radius 1 is 1.38 bits per heavy atom. The number of nitrogens with two attached hydrogens (primary N) is 1. The molecule has 1 heterocycles. The van der Waals surface area contributed by atoms with Gasteiger partial charge in [-0.3, -0.25) is 9.69 Å². The van der Waals surface area contributed by atoms with E-state index >= 15 is 0 Å². The van der Waals surface area contributed by atoms with Crippen LogP contribution in [0.2, 0.25) is 5.02 Å². The molecule has 1 unspecified atom stereocenters. The lowest BCUT2D eigenvalue weighted by atomic mass is 9.94. The van der Waals surface area contributed by atoms with E-state index < -0.39 is 0 Å². The molecule has 4 nitrogen and oxygen atoms in total. The normalized spacial score (nSPS) is 18.4. The fourth-order valence-electron chi connectivity index (χ4n) is 2.94. The lowest BCUT2D eigenvalue weighted by Gasteiger charge is -2.37. The molecule has 0 radical (unpaired) electrons. The van der Waals surface area contributed by atoms with Crippen molar-refractivity contribution in [2.45, 2.75) is 25.8 Å². The van der Waals surface area contributed by atoms with Crippen molar-refractivity contribution in [1.82, 2.24) is 10.2 Å². The molecule has 1 saturated heterocycles. The minimum atomic E-state index is 0.0541. The van der Waals surface area contributed by atoms with Gasteiger partial charge in [-0.1, -0.05) is 23.7 Å². The average molecular weight is 310 g/mol. The van der Waals surface area contributed by atoms with Crippen LogP contribution in [0.1, 0.15) is 31.4 Å². The van der Waals surface area contributed by atoms with Gasteiger partial charge < -0.3 is 11.1 Å².